The van der Waals surface area contributed by atoms with Crippen molar-refractivity contribution in [1.82, 2.24) is 14.5 Å². The van der Waals surface area contributed by atoms with Crippen LogP contribution in [0.5, 0.6) is 0 Å². The molecule has 2 saturated heterocycles. The van der Waals surface area contributed by atoms with Gasteiger partial charge in [-0.3, -0.25) is 9.69 Å². The van der Waals surface area contributed by atoms with E-state index in [1.54, 1.807) is 0 Å². The molecule has 31 heavy (non-hydrogen) atoms. The summed E-state index contributed by atoms with van der Waals surface area (Å²) in [4.78, 5) is 22.4. The first kappa shape index (κ1) is 20.2. The van der Waals surface area contributed by atoms with E-state index in [0.29, 0.717) is 13.0 Å². The van der Waals surface area contributed by atoms with E-state index in [-0.39, 0.29) is 11.8 Å². The van der Waals surface area contributed by atoms with E-state index in [9.17, 15) is 4.79 Å². The minimum Gasteiger partial charge on any atom is -0.379 e. The number of imidazole rings is 1. The van der Waals surface area contributed by atoms with Crippen LogP contribution in [-0.2, 0) is 16.1 Å². The molecule has 162 valence electrons. The van der Waals surface area contributed by atoms with Crippen LogP contribution in [0.2, 0.25) is 0 Å². The number of morpholine rings is 1. The number of amides is 1. The summed E-state index contributed by atoms with van der Waals surface area (Å²) in [7, 11) is 0. The van der Waals surface area contributed by atoms with E-state index in [0.717, 1.165) is 67.5 Å². The Balaban J connectivity index is 1.43. The molecule has 2 aliphatic heterocycles. The fourth-order valence-corrected chi connectivity index (χ4v) is 4.93. The van der Waals surface area contributed by atoms with Crippen LogP contribution in [0.25, 0.3) is 11.0 Å². The lowest BCUT2D eigenvalue weighted by molar-refractivity contribution is -0.117. The Kier molecular flexibility index (Phi) is 5.50. The first-order valence-electron chi connectivity index (χ1n) is 11.2. The molecule has 2 fully saturated rings. The van der Waals surface area contributed by atoms with Crippen LogP contribution in [0, 0.1) is 13.8 Å². The van der Waals surface area contributed by atoms with Crippen LogP contribution in [-0.4, -0.2) is 59.8 Å². The second-order valence-electron chi connectivity index (χ2n) is 8.76. The van der Waals surface area contributed by atoms with Gasteiger partial charge >= 0.3 is 0 Å². The maximum atomic E-state index is 13.0. The van der Waals surface area contributed by atoms with Gasteiger partial charge in [0.25, 0.3) is 0 Å². The van der Waals surface area contributed by atoms with Gasteiger partial charge in [-0.2, -0.15) is 0 Å². The molecule has 3 heterocycles. The van der Waals surface area contributed by atoms with Crippen LogP contribution in [0.15, 0.2) is 42.5 Å². The maximum Gasteiger partial charge on any atom is 0.227 e. The predicted octanol–water partition coefficient (Wildman–Crippen LogP) is 3.51. The molecule has 0 saturated carbocycles. The SMILES string of the molecule is Cc1ccc(N2CC(c3nc4ccccc4n3CCN3CCOCC3)CC2=O)c(C)c1. The van der Waals surface area contributed by atoms with E-state index in [2.05, 4.69) is 59.7 Å². The molecule has 0 spiro atoms. The molecule has 1 amide bonds. The van der Waals surface area contributed by atoms with Crippen molar-refractivity contribution in [2.24, 2.45) is 0 Å². The number of rotatable bonds is 5. The third kappa shape index (κ3) is 3.98. The molecule has 0 aliphatic carbocycles. The average Bonchev–Trinajstić information content (AvgIpc) is 3.33. The number of carbonyl (C=O) groups excluding carboxylic acids is 1. The van der Waals surface area contributed by atoms with Crippen LogP contribution in [0.4, 0.5) is 5.69 Å². The zero-order chi connectivity index (χ0) is 21.4. The van der Waals surface area contributed by atoms with Crippen LogP contribution >= 0.6 is 0 Å². The van der Waals surface area contributed by atoms with Crippen LogP contribution in [0.3, 0.4) is 0 Å². The van der Waals surface area contributed by atoms with Crippen molar-refractivity contribution in [3.8, 4) is 0 Å². The van der Waals surface area contributed by atoms with E-state index in [1.807, 2.05) is 11.0 Å². The highest BCUT2D eigenvalue weighted by Crippen LogP contribution is 2.34. The standard InChI is InChI=1S/C25H30N4O2/c1-18-7-8-22(19(2)15-18)29-17-20(16-24(29)30)25-26-21-5-3-4-6-23(21)28(25)10-9-27-11-13-31-14-12-27/h3-8,15,20H,9-14,16-17H2,1-2H3. The van der Waals surface area contributed by atoms with Crippen molar-refractivity contribution in [2.75, 3.05) is 44.3 Å². The molecule has 1 unspecified atom stereocenters. The van der Waals surface area contributed by atoms with E-state index >= 15 is 0 Å². The molecule has 0 bridgehead atoms. The van der Waals surface area contributed by atoms with E-state index in [1.165, 1.54) is 5.56 Å². The molecule has 2 aliphatic rings. The van der Waals surface area contributed by atoms with Gasteiger partial charge in [0.2, 0.25) is 5.91 Å². The summed E-state index contributed by atoms with van der Waals surface area (Å²) in [6.07, 6.45) is 0.508. The van der Waals surface area contributed by atoms with E-state index < -0.39 is 0 Å². The number of benzene rings is 2. The summed E-state index contributed by atoms with van der Waals surface area (Å²) in [5, 5.41) is 0. The van der Waals surface area contributed by atoms with Gasteiger partial charge in [0.05, 0.1) is 24.2 Å². The molecule has 6 nitrogen and oxygen atoms in total. The van der Waals surface area contributed by atoms with Crippen molar-refractivity contribution in [3.05, 3.63) is 59.4 Å². The fraction of sp³-hybridized carbons (Fsp3) is 0.440. The van der Waals surface area contributed by atoms with Gasteiger partial charge in [-0.05, 0) is 37.6 Å². The summed E-state index contributed by atoms with van der Waals surface area (Å²) >= 11 is 0. The lowest BCUT2D eigenvalue weighted by Crippen LogP contribution is -2.38. The number of fused-ring (bicyclic) bond motifs is 1. The Bertz CT molecular complexity index is 1100. The Hall–Kier alpha value is -2.70. The van der Waals surface area contributed by atoms with Gasteiger partial charge in [-0.25, -0.2) is 4.98 Å². The van der Waals surface area contributed by atoms with Crippen molar-refractivity contribution in [1.29, 1.82) is 0 Å². The number of para-hydroxylation sites is 2. The number of aromatic nitrogens is 2. The Labute approximate surface area is 183 Å². The third-order valence-electron chi connectivity index (χ3n) is 6.56. The highest BCUT2D eigenvalue weighted by Gasteiger charge is 2.35. The smallest absolute Gasteiger partial charge is 0.227 e. The molecule has 6 heteroatoms. The second kappa shape index (κ2) is 8.44. The molecular formula is C25H30N4O2. The van der Waals surface area contributed by atoms with Crippen molar-refractivity contribution >= 4 is 22.6 Å². The maximum absolute atomic E-state index is 13.0. The van der Waals surface area contributed by atoms with Gasteiger partial charge in [-0.15, -0.1) is 0 Å². The van der Waals surface area contributed by atoms with Crippen LogP contribution in [0.1, 0.15) is 29.3 Å². The topological polar surface area (TPSA) is 50.6 Å². The van der Waals surface area contributed by atoms with Gasteiger partial charge in [-0.1, -0.05) is 29.8 Å². The number of hydrogen-bond donors (Lipinski definition) is 0. The number of aryl methyl sites for hydroxylation is 2. The lowest BCUT2D eigenvalue weighted by atomic mass is 10.1. The monoisotopic (exact) mass is 418 g/mol. The van der Waals surface area contributed by atoms with E-state index in [4.69, 9.17) is 9.72 Å². The highest BCUT2D eigenvalue weighted by atomic mass is 16.5. The zero-order valence-corrected chi connectivity index (χ0v) is 18.4. The Morgan fingerprint density at radius 3 is 2.68 bits per heavy atom. The van der Waals surface area contributed by atoms with Crippen molar-refractivity contribution in [3.63, 3.8) is 0 Å². The second-order valence-corrected chi connectivity index (χ2v) is 8.76. The molecule has 1 aromatic heterocycles. The molecule has 0 N–H and O–H groups in total. The normalized spacial score (nSPS) is 20.1. The molecular weight excluding hydrogens is 388 g/mol. The average molecular weight is 419 g/mol. The van der Waals surface area contributed by atoms with Crippen molar-refractivity contribution in [2.45, 2.75) is 32.7 Å². The first-order valence-corrected chi connectivity index (χ1v) is 11.2. The fourth-order valence-electron chi connectivity index (χ4n) is 4.93. The lowest BCUT2D eigenvalue weighted by Gasteiger charge is -2.27. The number of anilines is 1. The predicted molar refractivity (Wildman–Crippen MR) is 123 cm³/mol. The third-order valence-corrected chi connectivity index (χ3v) is 6.56. The summed E-state index contributed by atoms with van der Waals surface area (Å²) in [5.74, 6) is 1.32. The minimum atomic E-state index is 0.102. The molecule has 1 atom stereocenters. The zero-order valence-electron chi connectivity index (χ0n) is 18.4. The van der Waals surface area contributed by atoms with Gasteiger partial charge < -0.3 is 14.2 Å². The summed E-state index contributed by atoms with van der Waals surface area (Å²) < 4.78 is 7.83. The summed E-state index contributed by atoms with van der Waals surface area (Å²) in [6.45, 7) is 10.3. The molecule has 2 aromatic carbocycles. The van der Waals surface area contributed by atoms with Crippen molar-refractivity contribution < 1.29 is 9.53 Å². The number of nitrogens with zero attached hydrogens (tertiary/aromatic N) is 4. The number of ether oxygens (including phenoxy) is 1. The molecule has 0 radical (unpaired) electrons. The van der Waals surface area contributed by atoms with Gasteiger partial charge in [0.15, 0.2) is 0 Å². The van der Waals surface area contributed by atoms with Gasteiger partial charge in [0, 0.05) is 50.7 Å². The summed E-state index contributed by atoms with van der Waals surface area (Å²) in [5.41, 5.74) is 5.55. The number of hydrogen-bond acceptors (Lipinski definition) is 4. The Morgan fingerprint density at radius 1 is 1.06 bits per heavy atom. The largest absolute Gasteiger partial charge is 0.379 e. The summed E-state index contributed by atoms with van der Waals surface area (Å²) in [6, 6.07) is 14.6. The highest BCUT2D eigenvalue weighted by molar-refractivity contribution is 5.97. The molecule has 5 rings (SSSR count). The number of carbonyl (C=O) groups is 1. The quantitative estimate of drug-likeness (QED) is 0.636. The first-order chi connectivity index (χ1) is 15.1. The minimum absolute atomic E-state index is 0.102. The van der Waals surface area contributed by atoms with Crippen LogP contribution < -0.4 is 4.90 Å². The Morgan fingerprint density at radius 2 is 1.87 bits per heavy atom. The molecule has 3 aromatic rings. The van der Waals surface area contributed by atoms with Gasteiger partial charge in [0.1, 0.15) is 5.82 Å².